The minimum absolute atomic E-state index is 0.0105. The number of nitrogens with zero attached hydrogens (tertiary/aromatic N) is 4. The van der Waals surface area contributed by atoms with E-state index in [-0.39, 0.29) is 23.2 Å². The molecule has 0 bridgehead atoms. The first kappa shape index (κ1) is 26.3. The monoisotopic (exact) mass is 540 g/mol. The van der Waals surface area contributed by atoms with Gasteiger partial charge in [-0.05, 0) is 42.7 Å². The van der Waals surface area contributed by atoms with E-state index in [1.54, 1.807) is 0 Å². The van der Waals surface area contributed by atoms with Crippen LogP contribution in [0.3, 0.4) is 0 Å². The van der Waals surface area contributed by atoms with Gasteiger partial charge in [0.1, 0.15) is 47.4 Å². The average molecular weight is 541 g/mol. The van der Waals surface area contributed by atoms with Gasteiger partial charge in [0.15, 0.2) is 0 Å². The maximum Gasteiger partial charge on any atom is 0.258 e. The van der Waals surface area contributed by atoms with Crippen LogP contribution in [0.15, 0.2) is 55.4 Å². The van der Waals surface area contributed by atoms with Gasteiger partial charge in [0.05, 0.1) is 36.0 Å². The molecule has 0 aliphatic heterocycles. The summed E-state index contributed by atoms with van der Waals surface area (Å²) in [5, 5.41) is 6.36. The van der Waals surface area contributed by atoms with Crippen LogP contribution in [0.4, 0.5) is 23.2 Å². The van der Waals surface area contributed by atoms with Gasteiger partial charge >= 0.3 is 0 Å². The van der Waals surface area contributed by atoms with Crippen LogP contribution in [0.1, 0.15) is 35.2 Å². The summed E-state index contributed by atoms with van der Waals surface area (Å²) < 4.78 is 67.5. The molecule has 0 radical (unpaired) electrons. The van der Waals surface area contributed by atoms with Gasteiger partial charge in [-0.3, -0.25) is 9.78 Å². The van der Waals surface area contributed by atoms with Crippen LogP contribution < -0.4 is 15.8 Å². The first-order valence-corrected chi connectivity index (χ1v) is 12.2. The number of ether oxygens (including phenoxy) is 1. The minimum Gasteiger partial charge on any atom is -0.491 e. The quantitative estimate of drug-likeness (QED) is 0.298. The van der Waals surface area contributed by atoms with E-state index in [1.807, 2.05) is 0 Å². The molecule has 1 aliphatic rings. The van der Waals surface area contributed by atoms with Crippen molar-refractivity contribution >= 4 is 11.6 Å². The summed E-state index contributed by atoms with van der Waals surface area (Å²) in [6, 6.07) is 5.10. The van der Waals surface area contributed by atoms with E-state index in [0.717, 1.165) is 43.5 Å². The third-order valence-corrected chi connectivity index (χ3v) is 6.91. The maximum atomic E-state index is 15.5. The molecule has 1 aliphatic carbocycles. The highest BCUT2D eigenvalue weighted by atomic mass is 19.1. The molecule has 2 aromatic heterocycles. The largest absolute Gasteiger partial charge is 0.491 e. The summed E-state index contributed by atoms with van der Waals surface area (Å²) in [4.78, 5) is 20.8. The molecule has 1 saturated carbocycles. The smallest absolute Gasteiger partial charge is 0.258 e. The molecule has 3 N–H and O–H groups in total. The SMILES string of the molecule is NCC1(COc2ccncc2NC(=O)c2ccc(F)c(-c3c(F)cc(Cn4cncn4)cc3F)c2F)CCC1. The first-order chi connectivity index (χ1) is 18.8. The van der Waals surface area contributed by atoms with Crippen LogP contribution in [-0.4, -0.2) is 38.8 Å². The summed E-state index contributed by atoms with van der Waals surface area (Å²) >= 11 is 0. The molecule has 202 valence electrons. The minimum atomic E-state index is -1.42. The van der Waals surface area contributed by atoms with E-state index in [1.165, 1.54) is 35.8 Å². The fourth-order valence-corrected chi connectivity index (χ4v) is 4.52. The standard InChI is InChI=1S/C27H24F4N6O2/c28-18-3-2-17(26(38)36-21-10-33-7-4-22(21)39-13-27(12-32)5-1-6-27)25(31)24(18)23-19(29)8-16(9-20(23)30)11-37-15-34-14-35-37/h2-4,7-10,14-15H,1,5-6,11-13,32H2,(H,36,38). The fraction of sp³-hybridized carbons (Fsp3) is 0.259. The van der Waals surface area contributed by atoms with Crippen LogP contribution in [0, 0.1) is 28.7 Å². The van der Waals surface area contributed by atoms with Crippen LogP contribution in [0.25, 0.3) is 11.1 Å². The van der Waals surface area contributed by atoms with Crippen LogP contribution in [0.2, 0.25) is 0 Å². The number of nitrogens with one attached hydrogen (secondary N) is 1. The number of hydrogen-bond acceptors (Lipinski definition) is 6. The van der Waals surface area contributed by atoms with Crippen LogP contribution in [-0.2, 0) is 6.54 Å². The third kappa shape index (κ3) is 5.32. The number of halogens is 4. The van der Waals surface area contributed by atoms with E-state index < -0.39 is 45.9 Å². The zero-order chi connectivity index (χ0) is 27.6. The van der Waals surface area contributed by atoms with Gasteiger partial charge in [-0.1, -0.05) is 6.42 Å². The number of pyridine rings is 1. The Labute approximate surface area is 220 Å². The Balaban J connectivity index is 1.41. The summed E-state index contributed by atoms with van der Waals surface area (Å²) in [7, 11) is 0. The molecule has 39 heavy (non-hydrogen) atoms. The zero-order valence-corrected chi connectivity index (χ0v) is 20.6. The van der Waals surface area contributed by atoms with Crippen molar-refractivity contribution in [2.24, 2.45) is 11.1 Å². The second kappa shape index (κ2) is 10.8. The maximum absolute atomic E-state index is 15.5. The summed E-state index contributed by atoms with van der Waals surface area (Å²) in [5.41, 5.74) is 3.51. The molecule has 2 heterocycles. The van der Waals surface area contributed by atoms with E-state index in [2.05, 4.69) is 20.4 Å². The number of anilines is 1. The Morgan fingerprint density at radius 3 is 2.46 bits per heavy atom. The van der Waals surface area contributed by atoms with Gasteiger partial charge in [-0.25, -0.2) is 27.2 Å². The number of carbonyl (C=O) groups excluding carboxylic acids is 1. The molecule has 0 spiro atoms. The lowest BCUT2D eigenvalue weighted by atomic mass is 9.69. The Morgan fingerprint density at radius 1 is 1.05 bits per heavy atom. The van der Waals surface area contributed by atoms with E-state index in [0.29, 0.717) is 18.9 Å². The molecule has 1 amide bonds. The van der Waals surface area contributed by atoms with Crippen molar-refractivity contribution < 1.29 is 27.1 Å². The Hall–Kier alpha value is -4.32. The van der Waals surface area contributed by atoms with Gasteiger partial charge in [-0.2, -0.15) is 5.10 Å². The lowest BCUT2D eigenvalue weighted by molar-refractivity contribution is 0.0670. The Morgan fingerprint density at radius 2 is 1.82 bits per heavy atom. The van der Waals surface area contributed by atoms with Crippen molar-refractivity contribution in [1.82, 2.24) is 19.7 Å². The van der Waals surface area contributed by atoms with Crippen molar-refractivity contribution in [1.29, 1.82) is 0 Å². The van der Waals surface area contributed by atoms with E-state index >= 15 is 13.2 Å². The van der Waals surface area contributed by atoms with E-state index in [4.69, 9.17) is 10.5 Å². The van der Waals surface area contributed by atoms with Crippen LogP contribution >= 0.6 is 0 Å². The van der Waals surface area contributed by atoms with Crippen molar-refractivity contribution in [2.75, 3.05) is 18.5 Å². The molecule has 12 heteroatoms. The highest BCUT2D eigenvalue weighted by Crippen LogP contribution is 2.41. The second-order valence-electron chi connectivity index (χ2n) is 9.48. The van der Waals surface area contributed by atoms with Gasteiger partial charge < -0.3 is 15.8 Å². The molecule has 1 fully saturated rings. The lowest BCUT2D eigenvalue weighted by Crippen LogP contribution is -2.42. The van der Waals surface area contributed by atoms with Crippen molar-refractivity contribution in [2.45, 2.75) is 25.8 Å². The van der Waals surface area contributed by atoms with Crippen molar-refractivity contribution in [3.8, 4) is 16.9 Å². The van der Waals surface area contributed by atoms with Gasteiger partial charge in [-0.15, -0.1) is 0 Å². The molecular formula is C27H24F4N6O2. The topological polar surface area (TPSA) is 108 Å². The Kier molecular flexibility index (Phi) is 7.29. The number of benzene rings is 2. The summed E-state index contributed by atoms with van der Waals surface area (Å²) in [5.74, 6) is -5.74. The average Bonchev–Trinajstić information content (AvgIpc) is 3.39. The molecule has 0 saturated heterocycles. The fourth-order valence-electron chi connectivity index (χ4n) is 4.52. The predicted molar refractivity (Wildman–Crippen MR) is 134 cm³/mol. The van der Waals surface area contributed by atoms with Gasteiger partial charge in [0.25, 0.3) is 5.91 Å². The lowest BCUT2D eigenvalue weighted by Gasteiger charge is -2.40. The molecule has 4 aromatic rings. The number of nitrogens with two attached hydrogens (primary N) is 1. The highest BCUT2D eigenvalue weighted by Gasteiger charge is 2.36. The van der Waals surface area contributed by atoms with Gasteiger partial charge in [0, 0.05) is 24.2 Å². The highest BCUT2D eigenvalue weighted by molar-refractivity contribution is 6.06. The molecule has 2 aromatic carbocycles. The van der Waals surface area contributed by atoms with E-state index in [9.17, 15) is 9.18 Å². The molecule has 8 nitrogen and oxygen atoms in total. The normalized spacial score (nSPS) is 14.1. The number of amides is 1. The molecule has 0 atom stereocenters. The summed E-state index contributed by atoms with van der Waals surface area (Å²) in [6.45, 7) is 0.776. The number of carbonyl (C=O) groups is 1. The van der Waals surface area contributed by atoms with Crippen molar-refractivity contribution in [3.63, 3.8) is 0 Å². The Bertz CT molecular complexity index is 1480. The zero-order valence-electron chi connectivity index (χ0n) is 20.6. The predicted octanol–water partition coefficient (Wildman–Crippen LogP) is 4.70. The molecular weight excluding hydrogens is 516 g/mol. The number of hydrogen-bond donors (Lipinski definition) is 2. The van der Waals surface area contributed by atoms with Gasteiger partial charge in [0.2, 0.25) is 0 Å². The second-order valence-corrected chi connectivity index (χ2v) is 9.48. The third-order valence-electron chi connectivity index (χ3n) is 6.91. The summed E-state index contributed by atoms with van der Waals surface area (Å²) in [6.07, 6.45) is 8.30. The first-order valence-electron chi connectivity index (χ1n) is 12.2. The number of rotatable bonds is 9. The number of aromatic nitrogens is 4. The van der Waals surface area contributed by atoms with Crippen molar-refractivity contribution in [3.05, 3.63) is 89.8 Å². The molecule has 5 rings (SSSR count). The molecule has 0 unspecified atom stereocenters. The van der Waals surface area contributed by atoms with Crippen LogP contribution in [0.5, 0.6) is 5.75 Å².